The van der Waals surface area contributed by atoms with Crippen LogP contribution in [0.4, 0.5) is 5.69 Å². The van der Waals surface area contributed by atoms with Gasteiger partial charge in [0.05, 0.1) is 13.5 Å². The lowest BCUT2D eigenvalue weighted by atomic mass is 9.97. The molecule has 4 rings (SSSR count). The van der Waals surface area contributed by atoms with Crippen LogP contribution in [-0.4, -0.2) is 0 Å². The number of furan rings is 1. The Bertz CT molecular complexity index is 1510. The highest BCUT2D eigenvalue weighted by Crippen LogP contribution is 2.40. The summed E-state index contributed by atoms with van der Waals surface area (Å²) in [6.07, 6.45) is 0. The highest BCUT2D eigenvalue weighted by Gasteiger charge is 2.24. The quantitative estimate of drug-likeness (QED) is 0.293. The summed E-state index contributed by atoms with van der Waals surface area (Å²) < 4.78 is 64.6. The number of hydrogen-bond donors (Lipinski definition) is 0. The summed E-state index contributed by atoms with van der Waals surface area (Å²) >= 11 is 0. The Labute approximate surface area is 169 Å². The molecule has 0 N–H and O–H groups in total. The molecule has 0 aliphatic rings. The van der Waals surface area contributed by atoms with Gasteiger partial charge in [0.15, 0.2) is 11.4 Å². The number of pyridine rings is 1. The van der Waals surface area contributed by atoms with E-state index >= 15 is 0 Å². The first-order valence-corrected chi connectivity index (χ1v) is 8.57. The minimum absolute atomic E-state index is 0.0396. The standard InChI is InChI=1S/C24H23N2O/c1-13-8-9-18-23-16(4)19(25-6)10-11-21(23)27-24(18)22(13)20-12-14(2)15(3)17(5)26(20)7/h8-12H,1-5,7H3/q+1/i3D3,4D3,12D. The van der Waals surface area contributed by atoms with E-state index in [1.54, 1.807) is 37.6 Å². The van der Waals surface area contributed by atoms with Crippen molar-refractivity contribution in [3.63, 3.8) is 0 Å². The largest absolute Gasteiger partial charge is 0.455 e. The van der Waals surface area contributed by atoms with Crippen LogP contribution in [0, 0.1) is 41.0 Å². The van der Waals surface area contributed by atoms with E-state index in [0.29, 0.717) is 44.5 Å². The van der Waals surface area contributed by atoms with Gasteiger partial charge in [-0.15, -0.1) is 0 Å². The summed E-state index contributed by atoms with van der Waals surface area (Å²) in [5.41, 5.74) is 3.57. The predicted octanol–water partition coefficient (Wildman–Crippen LogP) is 6.17. The maximum Gasteiger partial charge on any atom is 0.216 e. The van der Waals surface area contributed by atoms with E-state index in [9.17, 15) is 0 Å². The lowest BCUT2D eigenvalue weighted by Gasteiger charge is -2.10. The van der Waals surface area contributed by atoms with Gasteiger partial charge in [-0.3, -0.25) is 0 Å². The van der Waals surface area contributed by atoms with Gasteiger partial charge in [-0.2, -0.15) is 4.57 Å². The lowest BCUT2D eigenvalue weighted by molar-refractivity contribution is -0.667. The van der Waals surface area contributed by atoms with Crippen LogP contribution in [0.5, 0.6) is 0 Å². The van der Waals surface area contributed by atoms with Crippen molar-refractivity contribution in [2.75, 3.05) is 0 Å². The van der Waals surface area contributed by atoms with Gasteiger partial charge < -0.3 is 4.42 Å². The van der Waals surface area contributed by atoms with E-state index in [1.807, 2.05) is 13.0 Å². The van der Waals surface area contributed by atoms with Crippen molar-refractivity contribution in [2.45, 2.75) is 34.5 Å². The molecule has 0 radical (unpaired) electrons. The molecule has 2 heterocycles. The van der Waals surface area contributed by atoms with Crippen LogP contribution >= 0.6 is 0 Å². The molecule has 0 saturated heterocycles. The minimum atomic E-state index is -2.53. The number of rotatable bonds is 1. The summed E-state index contributed by atoms with van der Waals surface area (Å²) in [6, 6.07) is 6.69. The zero-order valence-corrected chi connectivity index (χ0v) is 15.6. The van der Waals surface area contributed by atoms with Crippen LogP contribution in [0.15, 0.2) is 34.7 Å². The minimum Gasteiger partial charge on any atom is -0.455 e. The Morgan fingerprint density at radius 1 is 1.07 bits per heavy atom. The summed E-state index contributed by atoms with van der Waals surface area (Å²) in [5, 5.41) is 0.883. The molecule has 0 unspecified atom stereocenters. The van der Waals surface area contributed by atoms with Crippen molar-refractivity contribution >= 4 is 27.6 Å². The molecule has 2 aromatic heterocycles. The topological polar surface area (TPSA) is 21.4 Å². The van der Waals surface area contributed by atoms with Crippen molar-refractivity contribution in [3.05, 3.63) is 69.7 Å². The van der Waals surface area contributed by atoms with Crippen LogP contribution in [0.25, 0.3) is 38.0 Å². The summed E-state index contributed by atoms with van der Waals surface area (Å²) in [5.74, 6) is 0. The maximum absolute atomic E-state index is 8.86. The van der Waals surface area contributed by atoms with E-state index < -0.39 is 13.7 Å². The third-order valence-corrected chi connectivity index (χ3v) is 5.23. The van der Waals surface area contributed by atoms with Crippen molar-refractivity contribution in [3.8, 4) is 11.3 Å². The van der Waals surface area contributed by atoms with Gasteiger partial charge in [-0.05, 0) is 50.3 Å². The molecule has 0 saturated carbocycles. The first-order chi connectivity index (χ1) is 15.7. The highest BCUT2D eigenvalue weighted by molar-refractivity contribution is 6.12. The molecule has 3 nitrogen and oxygen atoms in total. The van der Waals surface area contributed by atoms with Crippen molar-refractivity contribution in [1.29, 1.82) is 0 Å². The molecule has 4 aromatic rings. The molecule has 0 amide bonds. The molecule has 134 valence electrons. The molecule has 0 atom stereocenters. The number of fused-ring (bicyclic) bond motifs is 3. The number of hydrogen-bond acceptors (Lipinski definition) is 1. The molecule has 0 fully saturated rings. The zero-order chi connectivity index (χ0) is 25.3. The van der Waals surface area contributed by atoms with Crippen molar-refractivity contribution in [1.82, 2.24) is 0 Å². The van der Waals surface area contributed by atoms with Gasteiger partial charge in [0.2, 0.25) is 5.69 Å². The molecule has 0 bridgehead atoms. The molecule has 27 heavy (non-hydrogen) atoms. The second-order valence-corrected chi connectivity index (χ2v) is 6.80. The van der Waals surface area contributed by atoms with Crippen LogP contribution in [0.1, 0.15) is 37.5 Å². The molecular weight excluding hydrogens is 332 g/mol. The van der Waals surface area contributed by atoms with E-state index in [1.165, 1.54) is 6.07 Å². The second kappa shape index (κ2) is 5.96. The fraction of sp³-hybridized carbons (Fsp3) is 0.250. The zero-order valence-electron chi connectivity index (χ0n) is 22.6. The first-order valence-electron chi connectivity index (χ1n) is 12.1. The summed E-state index contributed by atoms with van der Waals surface area (Å²) in [7, 11) is 1.71. The normalized spacial score (nSPS) is 16.0. The number of aromatic nitrogens is 1. The fourth-order valence-electron chi connectivity index (χ4n) is 3.57. The SMILES string of the molecule is [2H]c1c(C)c(C([2H])([2H])[2H])c(C)[n+](C)c1-c1c(C)ccc2c1oc1ccc([N+]#[C-])c(C([2H])([2H])[2H])c12. The van der Waals surface area contributed by atoms with Gasteiger partial charge in [0.25, 0.3) is 0 Å². The Hall–Kier alpha value is -3.12. The fourth-order valence-corrected chi connectivity index (χ4v) is 3.57. The van der Waals surface area contributed by atoms with Gasteiger partial charge in [0, 0.05) is 37.5 Å². The Morgan fingerprint density at radius 3 is 2.56 bits per heavy atom. The average Bonchev–Trinajstić information content (AvgIpc) is 3.09. The van der Waals surface area contributed by atoms with Crippen molar-refractivity contribution < 1.29 is 18.6 Å². The van der Waals surface area contributed by atoms with E-state index in [-0.39, 0.29) is 22.9 Å². The van der Waals surface area contributed by atoms with Crippen LogP contribution < -0.4 is 4.57 Å². The van der Waals surface area contributed by atoms with Gasteiger partial charge >= 0.3 is 0 Å². The van der Waals surface area contributed by atoms with Gasteiger partial charge in [0.1, 0.15) is 18.2 Å². The van der Waals surface area contributed by atoms with E-state index in [0.717, 1.165) is 5.56 Å². The van der Waals surface area contributed by atoms with Crippen LogP contribution in [0.2, 0.25) is 0 Å². The van der Waals surface area contributed by atoms with E-state index in [4.69, 9.17) is 20.6 Å². The Morgan fingerprint density at radius 2 is 1.85 bits per heavy atom. The highest BCUT2D eigenvalue weighted by atomic mass is 16.3. The summed E-state index contributed by atoms with van der Waals surface area (Å²) in [6.45, 7) is 7.76. The average molecular weight is 363 g/mol. The molecule has 0 spiro atoms. The van der Waals surface area contributed by atoms with Gasteiger partial charge in [-0.25, -0.2) is 4.85 Å². The van der Waals surface area contributed by atoms with Crippen LogP contribution in [0.3, 0.4) is 0 Å². The third-order valence-electron chi connectivity index (χ3n) is 5.23. The smallest absolute Gasteiger partial charge is 0.216 e. The second-order valence-electron chi connectivity index (χ2n) is 6.80. The van der Waals surface area contributed by atoms with Crippen molar-refractivity contribution in [2.24, 2.45) is 7.05 Å². The lowest BCUT2D eigenvalue weighted by Crippen LogP contribution is -2.36. The third kappa shape index (κ3) is 2.37. The number of aryl methyl sites for hydroxylation is 2. The molecule has 0 aliphatic carbocycles. The number of benzene rings is 2. The van der Waals surface area contributed by atoms with Crippen LogP contribution in [-0.2, 0) is 7.05 Å². The monoisotopic (exact) mass is 362 g/mol. The maximum atomic E-state index is 8.86. The Kier molecular flexibility index (Phi) is 2.40. The molecule has 0 aliphatic heterocycles. The molecule has 3 heteroatoms. The molecular formula is C24H23N2O+. The Balaban J connectivity index is 2.21. The predicted molar refractivity (Wildman–Crippen MR) is 110 cm³/mol. The van der Waals surface area contributed by atoms with Gasteiger partial charge in [-0.1, -0.05) is 18.2 Å². The van der Waals surface area contributed by atoms with E-state index in [2.05, 4.69) is 4.85 Å². The summed E-state index contributed by atoms with van der Waals surface area (Å²) in [4.78, 5) is 3.42. The number of nitrogens with zero attached hydrogens (tertiary/aromatic N) is 2. The first kappa shape index (κ1) is 10.9. The molecule has 2 aromatic carbocycles.